The van der Waals surface area contributed by atoms with Crippen LogP contribution in [0.5, 0.6) is 0 Å². The van der Waals surface area contributed by atoms with Gasteiger partial charge in [0, 0.05) is 23.6 Å². The fourth-order valence-electron chi connectivity index (χ4n) is 1.18. The standard InChI is InChI=1S/C14H17NO2/c1-11(2)14(17)15-13-8-5-7-12(10-13)6-3-4-9-16/h5,7-8,10-11,16H,4,9H2,1-2H3,(H,15,17). The highest BCUT2D eigenvalue weighted by Gasteiger charge is 2.06. The second kappa shape index (κ2) is 6.72. The van der Waals surface area contributed by atoms with Crippen molar-refractivity contribution >= 4 is 11.6 Å². The maximum absolute atomic E-state index is 11.5. The smallest absolute Gasteiger partial charge is 0.226 e. The number of nitrogens with one attached hydrogen (secondary N) is 1. The van der Waals surface area contributed by atoms with E-state index in [1.54, 1.807) is 0 Å². The Morgan fingerprint density at radius 3 is 2.88 bits per heavy atom. The van der Waals surface area contributed by atoms with Crippen molar-refractivity contribution in [2.75, 3.05) is 11.9 Å². The summed E-state index contributed by atoms with van der Waals surface area (Å²) in [5, 5.41) is 11.4. The van der Waals surface area contributed by atoms with E-state index in [-0.39, 0.29) is 18.4 Å². The van der Waals surface area contributed by atoms with E-state index in [0.29, 0.717) is 6.42 Å². The van der Waals surface area contributed by atoms with Crippen molar-refractivity contribution in [1.82, 2.24) is 0 Å². The summed E-state index contributed by atoms with van der Waals surface area (Å²) < 4.78 is 0. The van der Waals surface area contributed by atoms with E-state index in [2.05, 4.69) is 17.2 Å². The SMILES string of the molecule is CC(C)C(=O)Nc1cccc(C#CCCO)c1. The van der Waals surface area contributed by atoms with Crippen molar-refractivity contribution in [1.29, 1.82) is 0 Å². The Kier molecular flexibility index (Phi) is 5.25. The maximum Gasteiger partial charge on any atom is 0.226 e. The zero-order valence-electron chi connectivity index (χ0n) is 10.2. The molecule has 1 aromatic carbocycles. The van der Waals surface area contributed by atoms with E-state index in [9.17, 15) is 4.79 Å². The number of aliphatic hydroxyl groups excluding tert-OH is 1. The van der Waals surface area contributed by atoms with Crippen molar-refractivity contribution in [3.63, 3.8) is 0 Å². The Labute approximate surface area is 102 Å². The quantitative estimate of drug-likeness (QED) is 0.782. The van der Waals surface area contributed by atoms with Gasteiger partial charge in [0.2, 0.25) is 5.91 Å². The molecule has 0 saturated carbocycles. The minimum atomic E-state index is -0.0425. The molecule has 17 heavy (non-hydrogen) atoms. The van der Waals surface area contributed by atoms with Gasteiger partial charge >= 0.3 is 0 Å². The fraction of sp³-hybridized carbons (Fsp3) is 0.357. The number of rotatable bonds is 3. The van der Waals surface area contributed by atoms with Crippen molar-refractivity contribution < 1.29 is 9.90 Å². The number of hydrogen-bond acceptors (Lipinski definition) is 2. The third kappa shape index (κ3) is 4.71. The molecule has 0 aliphatic carbocycles. The van der Waals surface area contributed by atoms with Gasteiger partial charge in [0.1, 0.15) is 0 Å². The highest BCUT2D eigenvalue weighted by atomic mass is 16.2. The second-order valence-corrected chi connectivity index (χ2v) is 4.00. The predicted molar refractivity (Wildman–Crippen MR) is 68.5 cm³/mol. The molecule has 0 fully saturated rings. The van der Waals surface area contributed by atoms with Crippen LogP contribution in [0.15, 0.2) is 24.3 Å². The molecule has 1 aromatic rings. The molecule has 0 saturated heterocycles. The molecule has 90 valence electrons. The third-order valence-electron chi connectivity index (χ3n) is 2.12. The van der Waals surface area contributed by atoms with Gasteiger partial charge in [-0.25, -0.2) is 0 Å². The molecule has 0 aromatic heterocycles. The van der Waals surface area contributed by atoms with Crippen molar-refractivity contribution in [2.45, 2.75) is 20.3 Å². The lowest BCUT2D eigenvalue weighted by Gasteiger charge is -2.07. The van der Waals surface area contributed by atoms with Crippen LogP contribution in [0.2, 0.25) is 0 Å². The van der Waals surface area contributed by atoms with Gasteiger partial charge in [-0.2, -0.15) is 0 Å². The summed E-state index contributed by atoms with van der Waals surface area (Å²) in [5.74, 6) is 5.72. The Morgan fingerprint density at radius 1 is 1.47 bits per heavy atom. The summed E-state index contributed by atoms with van der Waals surface area (Å²) in [5.41, 5.74) is 1.58. The summed E-state index contributed by atoms with van der Waals surface area (Å²) in [6, 6.07) is 7.37. The summed E-state index contributed by atoms with van der Waals surface area (Å²) >= 11 is 0. The van der Waals surface area contributed by atoms with Crippen LogP contribution in [-0.2, 0) is 4.79 Å². The molecule has 2 N–H and O–H groups in total. The van der Waals surface area contributed by atoms with Gasteiger partial charge in [-0.3, -0.25) is 4.79 Å². The molecule has 0 aliphatic rings. The van der Waals surface area contributed by atoms with Crippen LogP contribution >= 0.6 is 0 Å². The largest absolute Gasteiger partial charge is 0.395 e. The van der Waals surface area contributed by atoms with E-state index in [1.807, 2.05) is 38.1 Å². The first-order valence-electron chi connectivity index (χ1n) is 5.64. The number of anilines is 1. The Balaban J connectivity index is 2.73. The molecule has 3 nitrogen and oxygen atoms in total. The normalized spacial score (nSPS) is 9.65. The number of carbonyl (C=O) groups is 1. The molecule has 0 atom stereocenters. The number of amides is 1. The molecule has 0 heterocycles. The zero-order valence-corrected chi connectivity index (χ0v) is 10.2. The summed E-state index contributed by atoms with van der Waals surface area (Å²) in [6.45, 7) is 3.76. The first-order valence-corrected chi connectivity index (χ1v) is 5.64. The molecule has 0 radical (unpaired) electrons. The summed E-state index contributed by atoms with van der Waals surface area (Å²) in [6.07, 6.45) is 0.461. The molecule has 3 heteroatoms. The lowest BCUT2D eigenvalue weighted by Crippen LogP contribution is -2.17. The van der Waals surface area contributed by atoms with Crippen LogP contribution < -0.4 is 5.32 Å². The number of hydrogen-bond donors (Lipinski definition) is 2. The van der Waals surface area contributed by atoms with Crippen LogP contribution in [-0.4, -0.2) is 17.6 Å². The molecule has 0 spiro atoms. The van der Waals surface area contributed by atoms with Gasteiger partial charge in [0.25, 0.3) is 0 Å². The third-order valence-corrected chi connectivity index (χ3v) is 2.12. The van der Waals surface area contributed by atoms with E-state index < -0.39 is 0 Å². The Hall–Kier alpha value is -1.79. The van der Waals surface area contributed by atoms with Crippen LogP contribution in [0.4, 0.5) is 5.69 Å². The number of benzene rings is 1. The predicted octanol–water partition coefficient (Wildman–Crippen LogP) is 2.01. The number of aliphatic hydroxyl groups is 1. The van der Waals surface area contributed by atoms with E-state index in [1.165, 1.54) is 0 Å². The van der Waals surface area contributed by atoms with Crippen molar-refractivity contribution in [3.8, 4) is 11.8 Å². The summed E-state index contributed by atoms with van der Waals surface area (Å²) in [7, 11) is 0. The molecule has 0 bridgehead atoms. The molecule has 0 unspecified atom stereocenters. The topological polar surface area (TPSA) is 49.3 Å². The highest BCUT2D eigenvalue weighted by molar-refractivity contribution is 5.92. The first kappa shape index (κ1) is 13.3. The zero-order chi connectivity index (χ0) is 12.7. The van der Waals surface area contributed by atoms with Gasteiger partial charge in [0.05, 0.1) is 6.61 Å². The van der Waals surface area contributed by atoms with Gasteiger partial charge < -0.3 is 10.4 Å². The molecular weight excluding hydrogens is 214 g/mol. The number of carbonyl (C=O) groups excluding carboxylic acids is 1. The lowest BCUT2D eigenvalue weighted by atomic mass is 10.1. The van der Waals surface area contributed by atoms with Crippen molar-refractivity contribution in [2.24, 2.45) is 5.92 Å². The first-order chi connectivity index (χ1) is 8.13. The van der Waals surface area contributed by atoms with Crippen molar-refractivity contribution in [3.05, 3.63) is 29.8 Å². The highest BCUT2D eigenvalue weighted by Crippen LogP contribution is 2.11. The van der Waals surface area contributed by atoms with E-state index in [0.717, 1.165) is 11.3 Å². The van der Waals surface area contributed by atoms with Crippen LogP contribution in [0.25, 0.3) is 0 Å². The molecule has 1 rings (SSSR count). The van der Waals surface area contributed by atoms with E-state index in [4.69, 9.17) is 5.11 Å². The monoisotopic (exact) mass is 231 g/mol. The maximum atomic E-state index is 11.5. The van der Waals surface area contributed by atoms with Crippen LogP contribution in [0, 0.1) is 17.8 Å². The van der Waals surface area contributed by atoms with Gasteiger partial charge in [-0.15, -0.1) is 0 Å². The van der Waals surface area contributed by atoms with Gasteiger partial charge in [-0.1, -0.05) is 31.8 Å². The second-order valence-electron chi connectivity index (χ2n) is 4.00. The summed E-state index contributed by atoms with van der Waals surface area (Å²) in [4.78, 5) is 11.5. The van der Waals surface area contributed by atoms with Gasteiger partial charge in [0.15, 0.2) is 0 Å². The minimum Gasteiger partial charge on any atom is -0.395 e. The van der Waals surface area contributed by atoms with Crippen LogP contribution in [0.1, 0.15) is 25.8 Å². The van der Waals surface area contributed by atoms with Crippen LogP contribution in [0.3, 0.4) is 0 Å². The van der Waals surface area contributed by atoms with E-state index >= 15 is 0 Å². The average Bonchev–Trinajstić information content (AvgIpc) is 2.30. The molecule has 0 aliphatic heterocycles. The van der Waals surface area contributed by atoms with Gasteiger partial charge in [-0.05, 0) is 18.2 Å². The fourth-order valence-corrected chi connectivity index (χ4v) is 1.18. The molecule has 1 amide bonds. The minimum absolute atomic E-state index is 0.00883. The lowest BCUT2D eigenvalue weighted by molar-refractivity contribution is -0.118. The Morgan fingerprint density at radius 2 is 2.24 bits per heavy atom. The molecular formula is C14H17NO2. The Bertz CT molecular complexity index is 441. The average molecular weight is 231 g/mol.